The predicted octanol–water partition coefficient (Wildman–Crippen LogP) is -0.105. The Morgan fingerprint density at radius 2 is 2.12 bits per heavy atom. The van der Waals surface area contributed by atoms with Crippen LogP contribution in [0.4, 0.5) is 4.79 Å². The van der Waals surface area contributed by atoms with E-state index in [2.05, 4.69) is 17.1 Å². The number of nitrogens with one attached hydrogen (secondary N) is 1. The molecule has 1 rings (SSSR count). The highest BCUT2D eigenvalue weighted by Crippen LogP contribution is 2.06. The Bertz CT molecular complexity index is 283. The minimum absolute atomic E-state index is 0.0621. The van der Waals surface area contributed by atoms with E-state index in [1.54, 1.807) is 11.8 Å². The predicted molar refractivity (Wildman–Crippen MR) is 63.7 cm³/mol. The number of likely N-dealkylation sites (N-methyl/N-ethyl adjacent to an activating group) is 1. The largest absolute Gasteiger partial charge is 0.465 e. The second kappa shape index (κ2) is 6.44. The average Bonchev–Trinajstić information content (AvgIpc) is 2.30. The van der Waals surface area contributed by atoms with E-state index < -0.39 is 5.97 Å². The molecule has 6 heteroatoms. The van der Waals surface area contributed by atoms with E-state index in [0.29, 0.717) is 25.7 Å². The smallest absolute Gasteiger partial charge is 0.325 e. The molecule has 2 amide bonds. The average molecular weight is 243 g/mol. The van der Waals surface area contributed by atoms with Gasteiger partial charge in [-0.3, -0.25) is 4.79 Å². The maximum Gasteiger partial charge on any atom is 0.325 e. The standard InChI is InChI=1S/C11H21N3O3/c1-4-17-10(15)7-12-11(16)14-6-5-13(3)9(2)8-14/h9H,4-8H2,1-3H3,(H,12,16). The van der Waals surface area contributed by atoms with Crippen LogP contribution in [-0.2, 0) is 9.53 Å². The zero-order valence-electron chi connectivity index (χ0n) is 10.7. The fourth-order valence-corrected chi connectivity index (χ4v) is 1.70. The number of piperazine rings is 1. The summed E-state index contributed by atoms with van der Waals surface area (Å²) in [5.41, 5.74) is 0. The number of hydrogen-bond acceptors (Lipinski definition) is 4. The number of esters is 1. The lowest BCUT2D eigenvalue weighted by molar-refractivity contribution is -0.141. The van der Waals surface area contributed by atoms with Crippen molar-refractivity contribution in [2.24, 2.45) is 0 Å². The third-order valence-electron chi connectivity index (χ3n) is 2.94. The molecule has 0 saturated carbocycles. The zero-order valence-corrected chi connectivity index (χ0v) is 10.7. The molecule has 0 bridgehead atoms. The molecule has 1 aliphatic rings. The first-order chi connectivity index (χ1) is 8.04. The molecule has 0 aromatic rings. The van der Waals surface area contributed by atoms with Gasteiger partial charge in [0.15, 0.2) is 0 Å². The first-order valence-corrected chi connectivity index (χ1v) is 5.93. The molecule has 1 fully saturated rings. The summed E-state index contributed by atoms with van der Waals surface area (Å²) >= 11 is 0. The first kappa shape index (κ1) is 13.8. The van der Waals surface area contributed by atoms with E-state index in [4.69, 9.17) is 4.74 Å². The second-order valence-electron chi connectivity index (χ2n) is 4.24. The summed E-state index contributed by atoms with van der Waals surface area (Å²) in [6.07, 6.45) is 0. The van der Waals surface area contributed by atoms with E-state index in [1.165, 1.54) is 0 Å². The molecule has 1 atom stereocenters. The van der Waals surface area contributed by atoms with Crippen molar-refractivity contribution in [2.45, 2.75) is 19.9 Å². The van der Waals surface area contributed by atoms with Crippen LogP contribution in [0.1, 0.15) is 13.8 Å². The van der Waals surface area contributed by atoms with E-state index in [9.17, 15) is 9.59 Å². The van der Waals surface area contributed by atoms with Crippen LogP contribution in [0.15, 0.2) is 0 Å². The summed E-state index contributed by atoms with van der Waals surface area (Å²) < 4.78 is 4.74. The molecule has 1 unspecified atom stereocenters. The van der Waals surface area contributed by atoms with E-state index >= 15 is 0 Å². The molecule has 98 valence electrons. The zero-order chi connectivity index (χ0) is 12.8. The lowest BCUT2D eigenvalue weighted by Gasteiger charge is -2.37. The molecule has 1 heterocycles. The molecule has 0 radical (unpaired) electrons. The monoisotopic (exact) mass is 243 g/mol. The number of ether oxygens (including phenoxy) is 1. The molecular weight excluding hydrogens is 222 g/mol. The Kier molecular flexibility index (Phi) is 5.21. The quantitative estimate of drug-likeness (QED) is 0.703. The Morgan fingerprint density at radius 3 is 2.71 bits per heavy atom. The van der Waals surface area contributed by atoms with Crippen molar-refractivity contribution in [3.8, 4) is 0 Å². The van der Waals surface area contributed by atoms with E-state index in [-0.39, 0.29) is 12.6 Å². The van der Waals surface area contributed by atoms with Gasteiger partial charge < -0.3 is 19.9 Å². The molecular formula is C11H21N3O3. The Hall–Kier alpha value is -1.30. The highest BCUT2D eigenvalue weighted by Gasteiger charge is 2.24. The summed E-state index contributed by atoms with van der Waals surface area (Å²) in [6, 6.07) is 0.148. The van der Waals surface area contributed by atoms with Crippen LogP contribution in [0.25, 0.3) is 0 Å². The third-order valence-corrected chi connectivity index (χ3v) is 2.94. The van der Waals surface area contributed by atoms with Gasteiger partial charge in [0.1, 0.15) is 6.54 Å². The van der Waals surface area contributed by atoms with E-state index in [0.717, 1.165) is 6.54 Å². The van der Waals surface area contributed by atoms with Crippen molar-refractivity contribution < 1.29 is 14.3 Å². The van der Waals surface area contributed by atoms with Gasteiger partial charge in [0.25, 0.3) is 0 Å². The van der Waals surface area contributed by atoms with Crippen LogP contribution in [0.3, 0.4) is 0 Å². The minimum Gasteiger partial charge on any atom is -0.465 e. The van der Waals surface area contributed by atoms with Gasteiger partial charge in [0.2, 0.25) is 0 Å². The molecule has 6 nitrogen and oxygen atoms in total. The van der Waals surface area contributed by atoms with Crippen molar-refractivity contribution >= 4 is 12.0 Å². The van der Waals surface area contributed by atoms with Gasteiger partial charge in [0, 0.05) is 25.7 Å². The molecule has 0 aliphatic carbocycles. The van der Waals surface area contributed by atoms with Crippen molar-refractivity contribution in [1.29, 1.82) is 0 Å². The van der Waals surface area contributed by atoms with Crippen LogP contribution in [-0.4, -0.2) is 67.7 Å². The lowest BCUT2D eigenvalue weighted by Crippen LogP contribution is -2.55. The van der Waals surface area contributed by atoms with Gasteiger partial charge in [0.05, 0.1) is 6.61 Å². The summed E-state index contributed by atoms with van der Waals surface area (Å²) in [4.78, 5) is 26.8. The van der Waals surface area contributed by atoms with Crippen molar-refractivity contribution in [2.75, 3.05) is 39.8 Å². The van der Waals surface area contributed by atoms with Gasteiger partial charge in [-0.05, 0) is 20.9 Å². The molecule has 0 spiro atoms. The van der Waals surface area contributed by atoms with Crippen LogP contribution in [0.2, 0.25) is 0 Å². The fraction of sp³-hybridized carbons (Fsp3) is 0.818. The van der Waals surface area contributed by atoms with Crippen LogP contribution in [0, 0.1) is 0 Å². The summed E-state index contributed by atoms with van der Waals surface area (Å²) in [5.74, 6) is -0.400. The second-order valence-corrected chi connectivity index (χ2v) is 4.24. The maximum atomic E-state index is 11.7. The molecule has 17 heavy (non-hydrogen) atoms. The minimum atomic E-state index is -0.400. The third kappa shape index (κ3) is 4.22. The number of hydrogen-bond donors (Lipinski definition) is 1. The van der Waals surface area contributed by atoms with Gasteiger partial charge in [-0.2, -0.15) is 0 Å². The Morgan fingerprint density at radius 1 is 1.41 bits per heavy atom. The first-order valence-electron chi connectivity index (χ1n) is 5.93. The number of urea groups is 1. The number of rotatable bonds is 3. The summed E-state index contributed by atoms with van der Waals surface area (Å²) in [6.45, 7) is 6.31. The lowest BCUT2D eigenvalue weighted by atomic mass is 10.2. The SMILES string of the molecule is CCOC(=O)CNC(=O)N1CCN(C)C(C)C1. The number of carbonyl (C=O) groups is 2. The summed E-state index contributed by atoms with van der Waals surface area (Å²) in [5, 5.41) is 2.57. The molecule has 0 aromatic heterocycles. The van der Waals surface area contributed by atoms with E-state index in [1.807, 2.05) is 7.05 Å². The van der Waals surface area contributed by atoms with Crippen LogP contribution >= 0.6 is 0 Å². The Balaban J connectivity index is 2.31. The van der Waals surface area contributed by atoms with Crippen molar-refractivity contribution in [3.05, 3.63) is 0 Å². The van der Waals surface area contributed by atoms with Crippen molar-refractivity contribution in [1.82, 2.24) is 15.1 Å². The fourth-order valence-electron chi connectivity index (χ4n) is 1.70. The normalized spacial score (nSPS) is 21.1. The number of amides is 2. The highest BCUT2D eigenvalue weighted by atomic mass is 16.5. The molecule has 1 aliphatic heterocycles. The molecule has 1 N–H and O–H groups in total. The number of carbonyl (C=O) groups excluding carboxylic acids is 2. The summed E-state index contributed by atoms with van der Waals surface area (Å²) in [7, 11) is 2.04. The highest BCUT2D eigenvalue weighted by molar-refractivity contribution is 5.80. The van der Waals surface area contributed by atoms with Gasteiger partial charge >= 0.3 is 12.0 Å². The topological polar surface area (TPSA) is 61.9 Å². The number of nitrogens with zero attached hydrogens (tertiary/aromatic N) is 2. The van der Waals surface area contributed by atoms with Crippen LogP contribution < -0.4 is 5.32 Å². The molecule has 1 saturated heterocycles. The van der Waals surface area contributed by atoms with Crippen molar-refractivity contribution in [3.63, 3.8) is 0 Å². The van der Waals surface area contributed by atoms with Crippen LogP contribution in [0.5, 0.6) is 0 Å². The molecule has 0 aromatic carbocycles. The van der Waals surface area contributed by atoms with Gasteiger partial charge in [-0.15, -0.1) is 0 Å². The Labute approximate surface area is 102 Å². The van der Waals surface area contributed by atoms with Gasteiger partial charge in [-0.25, -0.2) is 4.79 Å². The van der Waals surface area contributed by atoms with Gasteiger partial charge in [-0.1, -0.05) is 0 Å². The maximum absolute atomic E-state index is 11.7.